The minimum Gasteiger partial charge on any atom is -0.320 e. The Balaban J connectivity index is 2.25. The Bertz CT molecular complexity index is 687. The molecule has 2 rings (SSSR count). The minimum absolute atomic E-state index is 0.123. The van der Waals surface area contributed by atoms with Crippen molar-refractivity contribution in [2.75, 3.05) is 11.6 Å². The SMILES string of the molecule is CSCc1nc(C(=O)Nc2ccccc2I)cc(=O)[nH]1. The van der Waals surface area contributed by atoms with Crippen molar-refractivity contribution in [2.24, 2.45) is 0 Å². The van der Waals surface area contributed by atoms with Gasteiger partial charge in [-0.05, 0) is 41.0 Å². The molecule has 0 radical (unpaired) electrons. The molecular weight excluding hydrogens is 389 g/mol. The number of hydrogen-bond acceptors (Lipinski definition) is 4. The van der Waals surface area contributed by atoms with Crippen LogP contribution in [0, 0.1) is 3.57 Å². The molecule has 0 spiro atoms. The van der Waals surface area contributed by atoms with Crippen molar-refractivity contribution in [3.63, 3.8) is 0 Å². The second-order valence-corrected chi connectivity index (χ2v) is 5.97. The van der Waals surface area contributed by atoms with Crippen LogP contribution in [0.15, 0.2) is 35.1 Å². The summed E-state index contributed by atoms with van der Waals surface area (Å²) in [6.07, 6.45) is 1.90. The van der Waals surface area contributed by atoms with Gasteiger partial charge < -0.3 is 10.3 Å². The van der Waals surface area contributed by atoms with Gasteiger partial charge >= 0.3 is 0 Å². The largest absolute Gasteiger partial charge is 0.320 e. The van der Waals surface area contributed by atoms with Crippen LogP contribution in [0.2, 0.25) is 0 Å². The van der Waals surface area contributed by atoms with E-state index in [1.54, 1.807) is 6.07 Å². The van der Waals surface area contributed by atoms with Crippen LogP contribution in [-0.2, 0) is 5.75 Å². The van der Waals surface area contributed by atoms with Crippen molar-refractivity contribution < 1.29 is 4.79 Å². The van der Waals surface area contributed by atoms with Crippen LogP contribution >= 0.6 is 34.4 Å². The topological polar surface area (TPSA) is 74.8 Å². The quantitative estimate of drug-likeness (QED) is 0.773. The molecule has 1 amide bonds. The van der Waals surface area contributed by atoms with Crippen molar-refractivity contribution in [1.82, 2.24) is 9.97 Å². The van der Waals surface area contributed by atoms with Crippen LogP contribution in [-0.4, -0.2) is 22.1 Å². The summed E-state index contributed by atoms with van der Waals surface area (Å²) in [4.78, 5) is 30.4. The predicted molar refractivity (Wildman–Crippen MR) is 89.2 cm³/mol. The fraction of sp³-hybridized carbons (Fsp3) is 0.154. The number of amides is 1. The van der Waals surface area contributed by atoms with Gasteiger partial charge in [0.05, 0.1) is 11.4 Å². The van der Waals surface area contributed by atoms with E-state index in [0.29, 0.717) is 17.3 Å². The Hall–Kier alpha value is -1.35. The Labute approximate surface area is 133 Å². The first-order chi connectivity index (χ1) is 9.60. The summed E-state index contributed by atoms with van der Waals surface area (Å²) in [5, 5.41) is 2.75. The highest BCUT2D eigenvalue weighted by Crippen LogP contribution is 2.17. The molecule has 0 unspecified atom stereocenters. The third-order valence-electron chi connectivity index (χ3n) is 2.43. The standard InChI is InChI=1S/C13H12IN3O2S/c1-20-7-11-15-10(6-12(18)17-11)13(19)16-9-5-3-2-4-8(9)14/h2-6H,7H2,1H3,(H,16,19)(H,15,17,18). The summed E-state index contributed by atoms with van der Waals surface area (Å²) >= 11 is 3.66. The fourth-order valence-electron chi connectivity index (χ4n) is 1.58. The number of carbonyl (C=O) groups is 1. The summed E-state index contributed by atoms with van der Waals surface area (Å²) in [5.74, 6) is 0.666. The summed E-state index contributed by atoms with van der Waals surface area (Å²) in [6, 6.07) is 8.62. The van der Waals surface area contributed by atoms with Gasteiger partial charge in [0.2, 0.25) is 0 Å². The molecule has 0 atom stereocenters. The molecule has 0 saturated heterocycles. The third kappa shape index (κ3) is 3.83. The van der Waals surface area contributed by atoms with E-state index in [4.69, 9.17) is 0 Å². The van der Waals surface area contributed by atoms with Crippen molar-refractivity contribution >= 4 is 45.9 Å². The molecule has 5 nitrogen and oxygen atoms in total. The number of rotatable bonds is 4. The third-order valence-corrected chi connectivity index (χ3v) is 3.93. The van der Waals surface area contributed by atoms with Crippen molar-refractivity contribution in [1.29, 1.82) is 0 Å². The molecule has 0 aliphatic heterocycles. The van der Waals surface area contributed by atoms with Crippen LogP contribution in [0.1, 0.15) is 16.3 Å². The Kier molecular flexibility index (Phi) is 5.18. The maximum absolute atomic E-state index is 12.1. The lowest BCUT2D eigenvalue weighted by Gasteiger charge is -2.07. The van der Waals surface area contributed by atoms with Crippen molar-refractivity contribution in [2.45, 2.75) is 5.75 Å². The number of benzene rings is 1. The number of nitrogens with one attached hydrogen (secondary N) is 2. The van der Waals surface area contributed by atoms with Gasteiger partial charge in [-0.1, -0.05) is 12.1 Å². The molecule has 2 N–H and O–H groups in total. The van der Waals surface area contributed by atoms with Gasteiger partial charge in [-0.3, -0.25) is 9.59 Å². The predicted octanol–water partition coefficient (Wildman–Crippen LogP) is 2.49. The monoisotopic (exact) mass is 401 g/mol. The first kappa shape index (κ1) is 15.0. The second kappa shape index (κ2) is 6.89. The van der Waals surface area contributed by atoms with E-state index in [0.717, 1.165) is 3.57 Å². The molecule has 20 heavy (non-hydrogen) atoms. The molecule has 7 heteroatoms. The Morgan fingerprint density at radius 3 is 2.90 bits per heavy atom. The highest BCUT2D eigenvalue weighted by molar-refractivity contribution is 14.1. The van der Waals surface area contributed by atoms with E-state index in [-0.39, 0.29) is 17.2 Å². The zero-order valence-corrected chi connectivity index (χ0v) is 13.6. The number of nitrogens with zero attached hydrogens (tertiary/aromatic N) is 1. The first-order valence-corrected chi connectivity index (χ1v) is 8.22. The van der Waals surface area contributed by atoms with E-state index >= 15 is 0 Å². The number of thioether (sulfide) groups is 1. The average Bonchev–Trinajstić information content (AvgIpc) is 2.41. The van der Waals surface area contributed by atoms with Crippen LogP contribution in [0.5, 0.6) is 0 Å². The first-order valence-electron chi connectivity index (χ1n) is 5.75. The summed E-state index contributed by atoms with van der Waals surface area (Å²) in [6.45, 7) is 0. The molecular formula is C13H12IN3O2S. The second-order valence-electron chi connectivity index (χ2n) is 3.94. The zero-order chi connectivity index (χ0) is 14.5. The van der Waals surface area contributed by atoms with Crippen LogP contribution in [0.25, 0.3) is 0 Å². The molecule has 104 valence electrons. The Morgan fingerprint density at radius 2 is 2.20 bits per heavy atom. The van der Waals surface area contributed by atoms with Crippen molar-refractivity contribution in [3.8, 4) is 0 Å². The smallest absolute Gasteiger partial charge is 0.274 e. The van der Waals surface area contributed by atoms with E-state index < -0.39 is 0 Å². The number of hydrogen-bond donors (Lipinski definition) is 2. The molecule has 1 aromatic carbocycles. The van der Waals surface area contributed by atoms with Crippen molar-refractivity contribution in [3.05, 3.63) is 55.8 Å². The zero-order valence-electron chi connectivity index (χ0n) is 10.6. The number of carbonyl (C=O) groups excluding carboxylic acids is 1. The van der Waals surface area contributed by atoms with E-state index in [1.807, 2.05) is 24.5 Å². The molecule has 1 aromatic heterocycles. The lowest BCUT2D eigenvalue weighted by molar-refractivity contribution is 0.102. The lowest BCUT2D eigenvalue weighted by Crippen LogP contribution is -2.20. The van der Waals surface area contributed by atoms with Gasteiger partial charge in [-0.15, -0.1) is 0 Å². The molecule has 1 heterocycles. The fourth-order valence-corrected chi connectivity index (χ4v) is 2.51. The molecule has 0 aliphatic rings. The molecule has 0 fully saturated rings. The number of halogens is 1. The maximum Gasteiger partial charge on any atom is 0.274 e. The van der Waals surface area contributed by atoms with Gasteiger partial charge in [0.25, 0.3) is 11.5 Å². The summed E-state index contributed by atoms with van der Waals surface area (Å²) in [5.41, 5.74) is 0.501. The van der Waals surface area contributed by atoms with Gasteiger partial charge in [0, 0.05) is 9.64 Å². The van der Waals surface area contributed by atoms with Crippen LogP contribution in [0.3, 0.4) is 0 Å². The number of aromatic amines is 1. The van der Waals surface area contributed by atoms with Gasteiger partial charge in [0.1, 0.15) is 11.5 Å². The van der Waals surface area contributed by atoms with E-state index in [9.17, 15) is 9.59 Å². The Morgan fingerprint density at radius 1 is 1.45 bits per heavy atom. The number of anilines is 1. The van der Waals surface area contributed by atoms with E-state index in [2.05, 4.69) is 37.9 Å². The minimum atomic E-state index is -0.387. The van der Waals surface area contributed by atoms with Crippen LogP contribution in [0.4, 0.5) is 5.69 Å². The number of aromatic nitrogens is 2. The summed E-state index contributed by atoms with van der Waals surface area (Å²) < 4.78 is 0.924. The normalized spacial score (nSPS) is 10.3. The highest BCUT2D eigenvalue weighted by Gasteiger charge is 2.11. The van der Waals surface area contributed by atoms with Crippen LogP contribution < -0.4 is 10.9 Å². The molecule has 2 aromatic rings. The van der Waals surface area contributed by atoms with Gasteiger partial charge in [-0.2, -0.15) is 11.8 Å². The lowest BCUT2D eigenvalue weighted by atomic mass is 10.3. The van der Waals surface area contributed by atoms with Gasteiger partial charge in [0.15, 0.2) is 0 Å². The number of H-pyrrole nitrogens is 1. The number of para-hydroxylation sites is 1. The molecule has 0 bridgehead atoms. The molecule has 0 aliphatic carbocycles. The van der Waals surface area contributed by atoms with E-state index in [1.165, 1.54) is 17.8 Å². The summed E-state index contributed by atoms with van der Waals surface area (Å²) in [7, 11) is 0. The highest BCUT2D eigenvalue weighted by atomic mass is 127. The average molecular weight is 401 g/mol. The maximum atomic E-state index is 12.1. The molecule has 0 saturated carbocycles. The van der Waals surface area contributed by atoms with Gasteiger partial charge in [-0.25, -0.2) is 4.98 Å².